The van der Waals surface area contributed by atoms with E-state index in [-0.39, 0.29) is 6.04 Å². The van der Waals surface area contributed by atoms with Gasteiger partial charge in [-0.25, -0.2) is 0 Å². The highest BCUT2D eigenvalue weighted by molar-refractivity contribution is 5.98. The molecule has 284 valence electrons. The summed E-state index contributed by atoms with van der Waals surface area (Å²) >= 11 is 0. The maximum absolute atomic E-state index is 2.52. The van der Waals surface area contributed by atoms with Crippen molar-refractivity contribution < 1.29 is 0 Å². The third-order valence-corrected chi connectivity index (χ3v) is 12.2. The van der Waals surface area contributed by atoms with Crippen LogP contribution < -0.4 is 9.80 Å². The molecule has 2 unspecified atom stereocenters. The van der Waals surface area contributed by atoms with Crippen LogP contribution in [0.15, 0.2) is 243 Å². The number of rotatable bonds is 8. The SMILES string of the molecule is C1=CC2c3ccccc3N(c3cccc(-c4ccccc4N(c4ccc(-c5cccc6ccccc56)cc4)c4ccccc4-c4ccc(-c5ccccc5)cc4)c3)C2C=C1. The zero-order chi connectivity index (χ0) is 39.8. The van der Waals surface area contributed by atoms with Gasteiger partial charge in [-0.2, -0.15) is 0 Å². The maximum Gasteiger partial charge on any atom is 0.0629 e. The molecule has 60 heavy (non-hydrogen) atoms. The first-order valence-electron chi connectivity index (χ1n) is 20.8. The van der Waals surface area contributed by atoms with Gasteiger partial charge in [0.25, 0.3) is 0 Å². The largest absolute Gasteiger partial charge is 0.333 e. The van der Waals surface area contributed by atoms with E-state index >= 15 is 0 Å². The van der Waals surface area contributed by atoms with Crippen LogP contribution in [-0.4, -0.2) is 6.04 Å². The summed E-state index contributed by atoms with van der Waals surface area (Å²) in [6.45, 7) is 0. The number of fused-ring (bicyclic) bond motifs is 4. The first kappa shape index (κ1) is 35.5. The molecule has 0 amide bonds. The summed E-state index contributed by atoms with van der Waals surface area (Å²) in [5, 5.41) is 2.50. The fourth-order valence-electron chi connectivity index (χ4n) is 9.39. The monoisotopic (exact) mass is 766 g/mol. The van der Waals surface area contributed by atoms with Crippen molar-refractivity contribution in [3.63, 3.8) is 0 Å². The van der Waals surface area contributed by atoms with Crippen LogP contribution in [0.25, 0.3) is 55.3 Å². The molecule has 0 radical (unpaired) electrons. The van der Waals surface area contributed by atoms with Crippen LogP contribution in [0.5, 0.6) is 0 Å². The van der Waals surface area contributed by atoms with E-state index in [9.17, 15) is 0 Å². The summed E-state index contributed by atoms with van der Waals surface area (Å²) in [6, 6.07) is 79.8. The van der Waals surface area contributed by atoms with Crippen LogP contribution in [0.2, 0.25) is 0 Å². The highest BCUT2D eigenvalue weighted by Gasteiger charge is 2.37. The first-order valence-corrected chi connectivity index (χ1v) is 20.8. The van der Waals surface area contributed by atoms with Crippen LogP contribution in [0, 0.1) is 0 Å². The van der Waals surface area contributed by atoms with Crippen molar-refractivity contribution in [2.24, 2.45) is 0 Å². The van der Waals surface area contributed by atoms with Crippen molar-refractivity contribution in [2.45, 2.75) is 12.0 Å². The third kappa shape index (κ3) is 6.31. The molecule has 9 aromatic carbocycles. The molecule has 0 aromatic heterocycles. The summed E-state index contributed by atoms with van der Waals surface area (Å²) in [5.41, 5.74) is 16.6. The molecule has 1 aliphatic carbocycles. The van der Waals surface area contributed by atoms with Gasteiger partial charge in [0, 0.05) is 34.1 Å². The van der Waals surface area contributed by atoms with Gasteiger partial charge in [0.05, 0.1) is 17.4 Å². The van der Waals surface area contributed by atoms with Gasteiger partial charge in [0.1, 0.15) is 0 Å². The number of anilines is 5. The van der Waals surface area contributed by atoms with Crippen molar-refractivity contribution in [1.29, 1.82) is 0 Å². The molecule has 0 spiro atoms. The predicted octanol–water partition coefficient (Wildman–Crippen LogP) is 15.7. The zero-order valence-electron chi connectivity index (χ0n) is 33.1. The second kappa shape index (κ2) is 15.2. The number of allylic oxidation sites excluding steroid dienone is 2. The molecule has 0 fully saturated rings. The van der Waals surface area contributed by atoms with Gasteiger partial charge < -0.3 is 9.80 Å². The molecular weight excluding hydrogens is 725 g/mol. The molecule has 0 N–H and O–H groups in total. The lowest BCUT2D eigenvalue weighted by Gasteiger charge is -2.31. The Morgan fingerprint density at radius 2 is 0.933 bits per heavy atom. The van der Waals surface area contributed by atoms with Crippen molar-refractivity contribution in [3.8, 4) is 44.5 Å². The minimum atomic E-state index is 0.231. The predicted molar refractivity (Wildman–Crippen MR) is 254 cm³/mol. The number of para-hydroxylation sites is 3. The number of nitrogens with zero attached hydrogens (tertiary/aromatic N) is 2. The van der Waals surface area contributed by atoms with E-state index in [1.54, 1.807) is 0 Å². The lowest BCUT2D eigenvalue weighted by Crippen LogP contribution is -2.28. The first-order chi connectivity index (χ1) is 29.8. The standard InChI is InChI=1S/C58H42N2/c1-2-16-41(17-3-1)42-32-34-45(35-33-42)51-23-6-10-28-55(51)59(47-38-36-44(37-39-47)50-27-15-19-43-18-4-5-22-49(43)50)56-29-11-7-24-52(56)46-20-14-21-48(40-46)60-57-30-12-8-25-53(57)54-26-9-13-31-58(54)60/h1-40,53,57H. The smallest absolute Gasteiger partial charge is 0.0629 e. The Morgan fingerprint density at radius 3 is 1.75 bits per heavy atom. The lowest BCUT2D eigenvalue weighted by atomic mass is 9.91. The highest BCUT2D eigenvalue weighted by Crippen LogP contribution is 2.49. The normalized spacial score (nSPS) is 15.2. The maximum atomic E-state index is 2.52. The van der Waals surface area contributed by atoms with Gasteiger partial charge >= 0.3 is 0 Å². The van der Waals surface area contributed by atoms with Crippen LogP contribution in [0.4, 0.5) is 28.4 Å². The molecule has 11 rings (SSSR count). The number of hydrogen-bond acceptors (Lipinski definition) is 2. The van der Waals surface area contributed by atoms with E-state index in [2.05, 4.69) is 252 Å². The van der Waals surface area contributed by atoms with Crippen molar-refractivity contribution >= 4 is 39.2 Å². The average Bonchev–Trinajstić information content (AvgIpc) is 3.67. The van der Waals surface area contributed by atoms with Gasteiger partial charge in [-0.3, -0.25) is 0 Å². The van der Waals surface area contributed by atoms with Crippen molar-refractivity contribution in [1.82, 2.24) is 0 Å². The van der Waals surface area contributed by atoms with E-state index in [0.717, 1.165) is 28.2 Å². The molecule has 0 saturated carbocycles. The Bertz CT molecular complexity index is 3040. The van der Waals surface area contributed by atoms with Crippen LogP contribution in [0.3, 0.4) is 0 Å². The molecule has 0 bridgehead atoms. The van der Waals surface area contributed by atoms with Crippen LogP contribution >= 0.6 is 0 Å². The molecule has 1 heterocycles. The molecule has 0 saturated heterocycles. The number of hydrogen-bond donors (Lipinski definition) is 0. The second-order valence-corrected chi connectivity index (χ2v) is 15.7. The summed E-state index contributed by atoms with van der Waals surface area (Å²) in [5.74, 6) is 0.327. The topological polar surface area (TPSA) is 6.48 Å². The molecule has 9 aromatic rings. The summed E-state index contributed by atoms with van der Waals surface area (Å²) in [4.78, 5) is 4.97. The molecule has 2 aliphatic rings. The van der Waals surface area contributed by atoms with Crippen LogP contribution in [-0.2, 0) is 0 Å². The Hall–Kier alpha value is -7.68. The average molecular weight is 767 g/mol. The van der Waals surface area contributed by atoms with E-state index in [4.69, 9.17) is 0 Å². The second-order valence-electron chi connectivity index (χ2n) is 15.7. The minimum absolute atomic E-state index is 0.231. The minimum Gasteiger partial charge on any atom is -0.333 e. The van der Waals surface area contributed by atoms with Gasteiger partial charge in [0.2, 0.25) is 0 Å². The fourth-order valence-corrected chi connectivity index (χ4v) is 9.39. The van der Waals surface area contributed by atoms with Gasteiger partial charge in [0.15, 0.2) is 0 Å². The lowest BCUT2D eigenvalue weighted by molar-refractivity contribution is 0.745. The van der Waals surface area contributed by atoms with Gasteiger partial charge in [-0.1, -0.05) is 200 Å². The zero-order valence-corrected chi connectivity index (χ0v) is 33.1. The quantitative estimate of drug-likeness (QED) is 0.152. The van der Waals surface area contributed by atoms with Crippen molar-refractivity contribution in [3.05, 3.63) is 248 Å². The Balaban J connectivity index is 1.05. The fraction of sp³-hybridized carbons (Fsp3) is 0.0345. The summed E-state index contributed by atoms with van der Waals surface area (Å²) in [7, 11) is 0. The molecule has 2 heteroatoms. The molecule has 2 nitrogen and oxygen atoms in total. The Labute approximate surface area is 352 Å². The van der Waals surface area contributed by atoms with E-state index in [1.165, 1.54) is 61.1 Å². The summed E-state index contributed by atoms with van der Waals surface area (Å²) < 4.78 is 0. The Morgan fingerprint density at radius 1 is 0.383 bits per heavy atom. The van der Waals surface area contributed by atoms with E-state index in [0.29, 0.717) is 5.92 Å². The third-order valence-electron chi connectivity index (χ3n) is 12.2. The molecule has 2 atom stereocenters. The summed E-state index contributed by atoms with van der Waals surface area (Å²) in [6.07, 6.45) is 9.07. The number of benzene rings is 9. The molecular formula is C58H42N2. The van der Waals surface area contributed by atoms with Crippen LogP contribution in [0.1, 0.15) is 11.5 Å². The van der Waals surface area contributed by atoms with E-state index in [1.807, 2.05) is 0 Å². The molecule has 1 aliphatic heterocycles. The van der Waals surface area contributed by atoms with Crippen molar-refractivity contribution in [2.75, 3.05) is 9.80 Å². The highest BCUT2D eigenvalue weighted by atomic mass is 15.2. The van der Waals surface area contributed by atoms with E-state index < -0.39 is 0 Å². The van der Waals surface area contributed by atoms with Gasteiger partial charge in [-0.15, -0.1) is 0 Å². The van der Waals surface area contributed by atoms with Gasteiger partial charge in [-0.05, 0) is 92.2 Å². The Kier molecular flexibility index (Phi) is 9.02.